The molecule has 2 heteroatoms. The normalized spacial score (nSPS) is 41.8. The lowest BCUT2D eigenvalue weighted by Gasteiger charge is -2.44. The first-order valence-corrected chi connectivity index (χ1v) is 6.12. The van der Waals surface area contributed by atoms with Gasteiger partial charge in [-0.3, -0.25) is 4.90 Å². The van der Waals surface area contributed by atoms with E-state index in [4.69, 9.17) is 5.73 Å². The summed E-state index contributed by atoms with van der Waals surface area (Å²) >= 11 is 0. The fourth-order valence-corrected chi connectivity index (χ4v) is 3.45. The van der Waals surface area contributed by atoms with Gasteiger partial charge in [-0.2, -0.15) is 0 Å². The molecule has 0 amide bonds. The number of nitrogens with zero attached hydrogens (tertiary/aromatic N) is 1. The van der Waals surface area contributed by atoms with Crippen molar-refractivity contribution in [2.45, 2.75) is 57.0 Å². The van der Waals surface area contributed by atoms with Crippen LogP contribution in [0.4, 0.5) is 0 Å². The molecule has 0 aromatic rings. The minimum atomic E-state index is 0.292. The van der Waals surface area contributed by atoms with Gasteiger partial charge in [0.25, 0.3) is 0 Å². The van der Waals surface area contributed by atoms with Gasteiger partial charge in [-0.25, -0.2) is 0 Å². The van der Waals surface area contributed by atoms with E-state index in [2.05, 4.69) is 18.9 Å². The summed E-state index contributed by atoms with van der Waals surface area (Å²) in [6.45, 7) is 3.58. The summed E-state index contributed by atoms with van der Waals surface area (Å²) in [7, 11) is 2.25. The van der Waals surface area contributed by atoms with Crippen molar-refractivity contribution >= 4 is 0 Å². The molecule has 1 aliphatic heterocycles. The first-order chi connectivity index (χ1) is 6.65. The molecular weight excluding hydrogens is 172 g/mol. The van der Waals surface area contributed by atoms with Crippen LogP contribution in [0.3, 0.4) is 0 Å². The minimum absolute atomic E-state index is 0.292. The van der Waals surface area contributed by atoms with Crippen LogP contribution in [-0.4, -0.2) is 30.1 Å². The van der Waals surface area contributed by atoms with Crippen LogP contribution in [-0.2, 0) is 0 Å². The lowest BCUT2D eigenvalue weighted by atomic mass is 9.72. The van der Waals surface area contributed by atoms with Crippen molar-refractivity contribution in [1.29, 1.82) is 0 Å². The van der Waals surface area contributed by atoms with Crippen LogP contribution in [0.5, 0.6) is 0 Å². The topological polar surface area (TPSA) is 29.3 Å². The molecule has 2 atom stereocenters. The van der Waals surface area contributed by atoms with Gasteiger partial charge in [0.05, 0.1) is 0 Å². The number of hydrogen-bond donors (Lipinski definition) is 1. The summed E-state index contributed by atoms with van der Waals surface area (Å²) in [5.74, 6) is 0.846. The molecule has 1 saturated heterocycles. The molecule has 2 fully saturated rings. The van der Waals surface area contributed by atoms with Crippen molar-refractivity contribution < 1.29 is 0 Å². The van der Waals surface area contributed by atoms with Crippen LogP contribution in [0.2, 0.25) is 0 Å². The largest absolute Gasteiger partial charge is 0.326 e. The summed E-state index contributed by atoms with van der Waals surface area (Å²) in [4.78, 5) is 2.51. The molecule has 2 N–H and O–H groups in total. The maximum atomic E-state index is 6.29. The minimum Gasteiger partial charge on any atom is -0.326 e. The van der Waals surface area contributed by atoms with E-state index < -0.39 is 0 Å². The van der Waals surface area contributed by atoms with Crippen LogP contribution in [0, 0.1) is 5.92 Å². The number of rotatable bonds is 1. The van der Waals surface area contributed by atoms with E-state index in [1.54, 1.807) is 0 Å². The number of nitrogens with two attached hydrogens (primary N) is 1. The van der Waals surface area contributed by atoms with E-state index in [0.717, 1.165) is 5.92 Å². The Morgan fingerprint density at radius 1 is 1.14 bits per heavy atom. The van der Waals surface area contributed by atoms with Gasteiger partial charge in [-0.05, 0) is 45.7 Å². The Bertz CT molecular complexity index is 186. The number of likely N-dealkylation sites (N-methyl/N-ethyl adjacent to an activating group) is 1. The van der Waals surface area contributed by atoms with Crippen molar-refractivity contribution in [3.05, 3.63) is 0 Å². The first-order valence-electron chi connectivity index (χ1n) is 6.12. The van der Waals surface area contributed by atoms with Crippen molar-refractivity contribution in [3.8, 4) is 0 Å². The highest BCUT2D eigenvalue weighted by atomic mass is 15.2. The molecule has 1 aliphatic carbocycles. The highest BCUT2D eigenvalue weighted by Gasteiger charge is 2.46. The lowest BCUT2D eigenvalue weighted by molar-refractivity contribution is 0.0766. The van der Waals surface area contributed by atoms with Crippen molar-refractivity contribution in [2.24, 2.45) is 11.7 Å². The average Bonchev–Trinajstić information content (AvgIpc) is 2.49. The maximum Gasteiger partial charge on any atom is 0.0357 e. The van der Waals surface area contributed by atoms with Gasteiger partial charge >= 0.3 is 0 Å². The van der Waals surface area contributed by atoms with Gasteiger partial charge in [0.1, 0.15) is 0 Å². The van der Waals surface area contributed by atoms with Crippen molar-refractivity contribution in [1.82, 2.24) is 4.90 Å². The molecule has 2 unspecified atom stereocenters. The van der Waals surface area contributed by atoms with E-state index in [9.17, 15) is 0 Å². The third-order valence-electron chi connectivity index (χ3n) is 4.78. The molecular formula is C12H24N2. The Labute approximate surface area is 87.8 Å². The molecule has 82 valence electrons. The quantitative estimate of drug-likeness (QED) is 0.695. The maximum absolute atomic E-state index is 6.29. The van der Waals surface area contributed by atoms with E-state index in [1.807, 2.05) is 0 Å². The van der Waals surface area contributed by atoms with E-state index in [-0.39, 0.29) is 0 Å². The zero-order valence-electron chi connectivity index (χ0n) is 9.63. The lowest BCUT2D eigenvalue weighted by Crippen LogP contribution is -2.55. The van der Waals surface area contributed by atoms with Gasteiger partial charge < -0.3 is 5.73 Å². The molecule has 1 heterocycles. The summed E-state index contributed by atoms with van der Waals surface area (Å²) in [6.07, 6.45) is 8.25. The zero-order valence-corrected chi connectivity index (χ0v) is 9.63. The van der Waals surface area contributed by atoms with Crippen molar-refractivity contribution in [3.63, 3.8) is 0 Å². The van der Waals surface area contributed by atoms with E-state index in [1.165, 1.54) is 45.1 Å². The summed E-state index contributed by atoms with van der Waals surface area (Å²) in [5, 5.41) is 0. The standard InChI is InChI=1S/C12H24N2/c1-12(10-6-4-3-5-7-10)11(13)8-9-14(12)2/h10-11H,3-9,13H2,1-2H3. The first kappa shape index (κ1) is 10.4. The van der Waals surface area contributed by atoms with Gasteiger partial charge in [0.15, 0.2) is 0 Å². The summed E-state index contributed by atoms with van der Waals surface area (Å²) in [6, 6.07) is 0.399. The van der Waals surface area contributed by atoms with Crippen LogP contribution in [0.1, 0.15) is 45.4 Å². The van der Waals surface area contributed by atoms with Gasteiger partial charge in [-0.1, -0.05) is 19.3 Å². The van der Waals surface area contributed by atoms with Gasteiger partial charge in [-0.15, -0.1) is 0 Å². The van der Waals surface area contributed by atoms with Crippen LogP contribution in [0.15, 0.2) is 0 Å². The predicted molar refractivity (Wildman–Crippen MR) is 60.2 cm³/mol. The molecule has 0 bridgehead atoms. The molecule has 14 heavy (non-hydrogen) atoms. The second-order valence-corrected chi connectivity index (χ2v) is 5.38. The molecule has 0 spiro atoms. The van der Waals surface area contributed by atoms with Crippen LogP contribution in [0.25, 0.3) is 0 Å². The summed E-state index contributed by atoms with van der Waals surface area (Å²) in [5.41, 5.74) is 6.58. The van der Waals surface area contributed by atoms with Gasteiger partial charge in [0.2, 0.25) is 0 Å². The van der Waals surface area contributed by atoms with Gasteiger partial charge in [0, 0.05) is 11.6 Å². The monoisotopic (exact) mass is 196 g/mol. The second kappa shape index (κ2) is 3.82. The molecule has 2 rings (SSSR count). The highest BCUT2D eigenvalue weighted by molar-refractivity contribution is 5.04. The Balaban J connectivity index is 2.11. The fourth-order valence-electron chi connectivity index (χ4n) is 3.45. The Morgan fingerprint density at radius 3 is 2.29 bits per heavy atom. The molecule has 0 aromatic carbocycles. The molecule has 0 radical (unpaired) electrons. The zero-order chi connectivity index (χ0) is 10.2. The van der Waals surface area contributed by atoms with E-state index >= 15 is 0 Å². The Hall–Kier alpha value is -0.0800. The van der Waals surface area contributed by atoms with Crippen LogP contribution < -0.4 is 5.73 Å². The van der Waals surface area contributed by atoms with Crippen LogP contribution >= 0.6 is 0 Å². The SMILES string of the molecule is CN1CCC(N)C1(C)C1CCCCC1. The fraction of sp³-hybridized carbons (Fsp3) is 1.00. The smallest absolute Gasteiger partial charge is 0.0357 e. The Morgan fingerprint density at radius 2 is 1.79 bits per heavy atom. The van der Waals surface area contributed by atoms with Crippen molar-refractivity contribution in [2.75, 3.05) is 13.6 Å². The highest BCUT2D eigenvalue weighted by Crippen LogP contribution is 2.41. The molecule has 1 saturated carbocycles. The number of likely N-dealkylation sites (tertiary alicyclic amines) is 1. The average molecular weight is 196 g/mol. The Kier molecular flexibility index (Phi) is 2.85. The van der Waals surface area contributed by atoms with E-state index in [0.29, 0.717) is 11.6 Å². The number of hydrogen-bond acceptors (Lipinski definition) is 2. The predicted octanol–water partition coefficient (Wildman–Crippen LogP) is 1.99. The third-order valence-corrected chi connectivity index (χ3v) is 4.78. The molecule has 2 aliphatic rings. The second-order valence-electron chi connectivity index (χ2n) is 5.38. The third kappa shape index (κ3) is 1.49. The molecule has 2 nitrogen and oxygen atoms in total. The molecule has 0 aromatic heterocycles. The summed E-state index contributed by atoms with van der Waals surface area (Å²) < 4.78 is 0.